The predicted molar refractivity (Wildman–Crippen MR) is 51.2 cm³/mol. The number of rotatable bonds is 2. The molecule has 1 aromatic carbocycles. The van der Waals surface area contributed by atoms with Crippen molar-refractivity contribution in [1.82, 2.24) is 0 Å². The molecule has 0 aromatic heterocycles. The van der Waals surface area contributed by atoms with Gasteiger partial charge < -0.3 is 5.11 Å². The van der Waals surface area contributed by atoms with Crippen molar-refractivity contribution in [3.63, 3.8) is 0 Å². The monoisotopic (exact) mass is 200 g/mol. The van der Waals surface area contributed by atoms with E-state index in [1.54, 1.807) is 26.8 Å². The molecule has 1 nitrogen and oxygen atoms in total. The Morgan fingerprint density at radius 1 is 1.36 bits per heavy atom. The highest BCUT2D eigenvalue weighted by Gasteiger charge is 2.19. The first-order chi connectivity index (χ1) is 6.36. The van der Waals surface area contributed by atoms with Crippen LogP contribution >= 0.6 is 0 Å². The quantitative estimate of drug-likeness (QED) is 0.778. The minimum atomic E-state index is -1.10. The summed E-state index contributed by atoms with van der Waals surface area (Å²) in [7, 11) is 0. The second-order valence-electron chi connectivity index (χ2n) is 3.95. The molecule has 0 radical (unpaired) electrons. The van der Waals surface area contributed by atoms with Gasteiger partial charge in [0.1, 0.15) is 12.5 Å². The summed E-state index contributed by atoms with van der Waals surface area (Å²) in [6, 6.07) is 2.79. The fraction of sp³-hybridized carbons (Fsp3) is 0.455. The van der Waals surface area contributed by atoms with Crippen LogP contribution in [0.5, 0.6) is 0 Å². The molecule has 0 bridgehead atoms. The molecule has 0 atom stereocenters. The molecule has 3 heteroatoms. The number of alkyl halides is 1. The Balaban J connectivity index is 3.28. The molecule has 0 amide bonds. The molecule has 0 fully saturated rings. The number of hydrogen-bond donors (Lipinski definition) is 1. The third-order valence-corrected chi connectivity index (χ3v) is 2.26. The third-order valence-electron chi connectivity index (χ3n) is 2.26. The van der Waals surface area contributed by atoms with Crippen molar-refractivity contribution in [1.29, 1.82) is 0 Å². The van der Waals surface area contributed by atoms with Gasteiger partial charge in [-0.15, -0.1) is 0 Å². The maximum atomic E-state index is 13.3. The van der Waals surface area contributed by atoms with E-state index in [0.717, 1.165) is 0 Å². The average molecular weight is 200 g/mol. The van der Waals surface area contributed by atoms with E-state index in [1.807, 2.05) is 0 Å². The summed E-state index contributed by atoms with van der Waals surface area (Å²) in [6.07, 6.45) is 0. The largest absolute Gasteiger partial charge is 0.386 e. The van der Waals surface area contributed by atoms with Crippen molar-refractivity contribution in [3.8, 4) is 0 Å². The zero-order valence-electron chi connectivity index (χ0n) is 8.56. The standard InChI is InChI=1S/C11H14F2O/c1-7-4-8(11(2,3)14)5-10(13)9(7)6-12/h4-5,14H,6H2,1-3H3. The van der Waals surface area contributed by atoms with Crippen molar-refractivity contribution in [3.05, 3.63) is 34.6 Å². The van der Waals surface area contributed by atoms with E-state index >= 15 is 0 Å². The summed E-state index contributed by atoms with van der Waals surface area (Å²) in [6.45, 7) is 3.95. The Bertz CT molecular complexity index is 317. The molecule has 0 heterocycles. The molecule has 1 aromatic rings. The molecule has 0 saturated heterocycles. The number of benzene rings is 1. The fourth-order valence-corrected chi connectivity index (χ4v) is 1.30. The van der Waals surface area contributed by atoms with E-state index in [9.17, 15) is 13.9 Å². The van der Waals surface area contributed by atoms with Crippen LogP contribution in [0.2, 0.25) is 0 Å². The molecule has 0 spiro atoms. The first kappa shape index (κ1) is 11.1. The highest BCUT2D eigenvalue weighted by atomic mass is 19.1. The molecule has 0 saturated carbocycles. The summed E-state index contributed by atoms with van der Waals surface area (Å²) < 4.78 is 25.7. The molecule has 1 rings (SSSR count). The topological polar surface area (TPSA) is 20.2 Å². The van der Waals surface area contributed by atoms with Crippen molar-refractivity contribution in [2.75, 3.05) is 0 Å². The zero-order chi connectivity index (χ0) is 10.9. The molecule has 0 aliphatic rings. The Morgan fingerprint density at radius 3 is 2.29 bits per heavy atom. The van der Waals surface area contributed by atoms with Gasteiger partial charge in [0.25, 0.3) is 0 Å². The van der Waals surface area contributed by atoms with Crippen LogP contribution < -0.4 is 0 Å². The van der Waals surface area contributed by atoms with Crippen LogP contribution in [0.4, 0.5) is 8.78 Å². The van der Waals surface area contributed by atoms with Gasteiger partial charge in [-0.2, -0.15) is 0 Å². The van der Waals surface area contributed by atoms with Crippen LogP contribution in [0.15, 0.2) is 12.1 Å². The SMILES string of the molecule is Cc1cc(C(C)(C)O)cc(F)c1CF. The van der Waals surface area contributed by atoms with Crippen LogP contribution in [0.1, 0.15) is 30.5 Å². The van der Waals surface area contributed by atoms with Gasteiger partial charge in [-0.25, -0.2) is 8.78 Å². The van der Waals surface area contributed by atoms with Crippen LogP contribution in [-0.2, 0) is 12.3 Å². The van der Waals surface area contributed by atoms with E-state index in [0.29, 0.717) is 11.1 Å². The van der Waals surface area contributed by atoms with Crippen LogP contribution in [0.3, 0.4) is 0 Å². The average Bonchev–Trinajstić information content (AvgIpc) is 2.01. The molecule has 1 N–H and O–H groups in total. The maximum Gasteiger partial charge on any atom is 0.129 e. The molecule has 78 valence electrons. The minimum absolute atomic E-state index is 0.0676. The summed E-state index contributed by atoms with van der Waals surface area (Å²) >= 11 is 0. The Labute approximate surface area is 82.4 Å². The molecule has 0 aliphatic carbocycles. The first-order valence-corrected chi connectivity index (χ1v) is 4.44. The second-order valence-corrected chi connectivity index (χ2v) is 3.95. The second kappa shape index (κ2) is 3.65. The number of aryl methyl sites for hydroxylation is 1. The maximum absolute atomic E-state index is 13.3. The van der Waals surface area contributed by atoms with E-state index in [2.05, 4.69) is 0 Å². The van der Waals surface area contributed by atoms with Crippen molar-refractivity contribution >= 4 is 0 Å². The minimum Gasteiger partial charge on any atom is -0.386 e. The van der Waals surface area contributed by atoms with Gasteiger partial charge in [0.05, 0.1) is 5.60 Å². The summed E-state index contributed by atoms with van der Waals surface area (Å²) in [5.41, 5.74) is -0.0344. The lowest BCUT2D eigenvalue weighted by Gasteiger charge is -2.19. The lowest BCUT2D eigenvalue weighted by molar-refractivity contribution is 0.0781. The number of hydrogen-bond acceptors (Lipinski definition) is 1. The van der Waals surface area contributed by atoms with Gasteiger partial charge in [0.15, 0.2) is 0 Å². The van der Waals surface area contributed by atoms with Gasteiger partial charge in [0, 0.05) is 5.56 Å². The van der Waals surface area contributed by atoms with Gasteiger partial charge in [-0.05, 0) is 38.0 Å². The summed E-state index contributed by atoms with van der Waals surface area (Å²) in [5, 5.41) is 9.64. The van der Waals surface area contributed by atoms with Crippen molar-refractivity contribution in [2.45, 2.75) is 33.0 Å². The molecule has 0 aliphatic heterocycles. The lowest BCUT2D eigenvalue weighted by Crippen LogP contribution is -2.16. The highest BCUT2D eigenvalue weighted by Crippen LogP contribution is 2.25. The lowest BCUT2D eigenvalue weighted by atomic mass is 9.94. The fourth-order valence-electron chi connectivity index (χ4n) is 1.30. The molecule has 14 heavy (non-hydrogen) atoms. The summed E-state index contributed by atoms with van der Waals surface area (Å²) in [4.78, 5) is 0. The van der Waals surface area contributed by atoms with Gasteiger partial charge >= 0.3 is 0 Å². The van der Waals surface area contributed by atoms with Crippen molar-refractivity contribution < 1.29 is 13.9 Å². The van der Waals surface area contributed by atoms with Gasteiger partial charge in [-0.3, -0.25) is 0 Å². The first-order valence-electron chi connectivity index (χ1n) is 4.44. The van der Waals surface area contributed by atoms with Crippen LogP contribution in [0, 0.1) is 12.7 Å². The van der Waals surface area contributed by atoms with E-state index in [-0.39, 0.29) is 5.56 Å². The predicted octanol–water partition coefficient (Wildman–Crippen LogP) is 2.83. The van der Waals surface area contributed by atoms with E-state index in [1.165, 1.54) is 6.07 Å². The van der Waals surface area contributed by atoms with E-state index in [4.69, 9.17) is 0 Å². The molecule has 0 unspecified atom stereocenters. The van der Waals surface area contributed by atoms with Gasteiger partial charge in [-0.1, -0.05) is 6.07 Å². The van der Waals surface area contributed by atoms with Gasteiger partial charge in [0.2, 0.25) is 0 Å². The summed E-state index contributed by atoms with van der Waals surface area (Å²) in [5.74, 6) is -0.593. The number of halogens is 2. The number of aliphatic hydroxyl groups is 1. The highest BCUT2D eigenvalue weighted by molar-refractivity contribution is 5.34. The Kier molecular flexibility index (Phi) is 2.90. The molecular formula is C11H14F2O. The normalized spacial score (nSPS) is 11.9. The third kappa shape index (κ3) is 2.10. The smallest absolute Gasteiger partial charge is 0.129 e. The van der Waals surface area contributed by atoms with Crippen molar-refractivity contribution in [2.24, 2.45) is 0 Å². The van der Waals surface area contributed by atoms with Crippen LogP contribution in [-0.4, -0.2) is 5.11 Å². The Hall–Kier alpha value is -0.960. The Morgan fingerprint density at radius 2 is 1.93 bits per heavy atom. The van der Waals surface area contributed by atoms with Crippen LogP contribution in [0.25, 0.3) is 0 Å². The van der Waals surface area contributed by atoms with E-state index < -0.39 is 18.1 Å². The molecular weight excluding hydrogens is 186 g/mol. The zero-order valence-corrected chi connectivity index (χ0v) is 8.56.